The molecule has 0 radical (unpaired) electrons. The predicted octanol–water partition coefficient (Wildman–Crippen LogP) is 3.40. The zero-order valence-corrected chi connectivity index (χ0v) is 14.1. The van der Waals surface area contributed by atoms with Crippen LogP contribution >= 0.6 is 11.6 Å². The highest BCUT2D eigenvalue weighted by atomic mass is 35.5. The summed E-state index contributed by atoms with van der Waals surface area (Å²) in [4.78, 5) is 25.1. The Labute approximate surface area is 131 Å². The smallest absolute Gasteiger partial charge is 0.410 e. The molecule has 21 heavy (non-hydrogen) atoms. The van der Waals surface area contributed by atoms with E-state index in [0.29, 0.717) is 25.4 Å². The van der Waals surface area contributed by atoms with Gasteiger partial charge in [0.05, 0.1) is 0 Å². The number of ether oxygens (including phenoxy) is 2. The van der Waals surface area contributed by atoms with Crippen LogP contribution in [0.3, 0.4) is 0 Å². The zero-order valence-electron chi connectivity index (χ0n) is 13.4. The fourth-order valence-electron chi connectivity index (χ4n) is 2.53. The van der Waals surface area contributed by atoms with Crippen molar-refractivity contribution in [3.8, 4) is 0 Å². The molecule has 122 valence electrons. The molecule has 1 amide bonds. The van der Waals surface area contributed by atoms with Gasteiger partial charge in [-0.1, -0.05) is 18.5 Å². The van der Waals surface area contributed by atoms with Gasteiger partial charge in [0.15, 0.2) is 6.07 Å². The number of nitrogens with zero attached hydrogens (tertiary/aromatic N) is 1. The second-order valence-corrected chi connectivity index (χ2v) is 6.83. The summed E-state index contributed by atoms with van der Waals surface area (Å²) in [7, 11) is 0. The van der Waals surface area contributed by atoms with E-state index < -0.39 is 5.60 Å². The topological polar surface area (TPSA) is 55.8 Å². The molecule has 0 aromatic rings. The molecule has 0 spiro atoms. The predicted molar refractivity (Wildman–Crippen MR) is 81.1 cm³/mol. The molecule has 0 saturated carbocycles. The number of piperidine rings is 1. The first kappa shape index (κ1) is 18.1. The Morgan fingerprint density at radius 3 is 2.33 bits per heavy atom. The van der Waals surface area contributed by atoms with Gasteiger partial charge in [-0.15, -0.1) is 0 Å². The van der Waals surface area contributed by atoms with Crippen molar-refractivity contribution in [3.63, 3.8) is 0 Å². The van der Waals surface area contributed by atoms with Crippen LogP contribution in [0.1, 0.15) is 47.0 Å². The average molecular weight is 320 g/mol. The van der Waals surface area contributed by atoms with Crippen molar-refractivity contribution in [2.24, 2.45) is 11.8 Å². The average Bonchev–Trinajstić information content (AvgIpc) is 2.37. The van der Waals surface area contributed by atoms with E-state index in [0.717, 1.165) is 12.8 Å². The lowest BCUT2D eigenvalue weighted by Crippen LogP contribution is -2.42. The fraction of sp³-hybridized carbons (Fsp3) is 0.867. The molecular weight excluding hydrogens is 294 g/mol. The number of hydrogen-bond acceptors (Lipinski definition) is 4. The van der Waals surface area contributed by atoms with Crippen LogP contribution in [0.2, 0.25) is 0 Å². The lowest BCUT2D eigenvalue weighted by atomic mass is 9.84. The van der Waals surface area contributed by atoms with E-state index in [-0.39, 0.29) is 24.0 Å². The molecule has 1 aliphatic heterocycles. The maximum atomic E-state index is 12.0. The molecule has 1 rings (SSSR count). The molecule has 1 atom stereocenters. The Balaban J connectivity index is 2.38. The highest BCUT2D eigenvalue weighted by molar-refractivity contribution is 6.17. The number of rotatable bonds is 4. The monoisotopic (exact) mass is 319 g/mol. The standard InChI is InChI=1S/C15H26ClNO4/c1-11(9-13(18)20-10-16)12-5-7-17(8-6-12)14(19)21-15(2,3)4/h11-12H,5-10H2,1-4H3. The molecule has 6 heteroatoms. The Bertz CT molecular complexity index is 359. The molecular formula is C15H26ClNO4. The molecule has 1 heterocycles. The normalized spacial score (nSPS) is 18.2. The maximum absolute atomic E-state index is 12.0. The van der Waals surface area contributed by atoms with Crippen molar-refractivity contribution < 1.29 is 19.1 Å². The summed E-state index contributed by atoms with van der Waals surface area (Å²) < 4.78 is 10.1. The molecule has 0 aliphatic carbocycles. The Hall–Kier alpha value is -0.970. The summed E-state index contributed by atoms with van der Waals surface area (Å²) in [5.41, 5.74) is -0.466. The number of amides is 1. The van der Waals surface area contributed by atoms with Crippen LogP contribution in [0.15, 0.2) is 0 Å². The lowest BCUT2D eigenvalue weighted by Gasteiger charge is -2.35. The van der Waals surface area contributed by atoms with Crippen LogP contribution in [-0.2, 0) is 14.3 Å². The van der Waals surface area contributed by atoms with Gasteiger partial charge in [-0.2, -0.15) is 0 Å². The fourth-order valence-corrected chi connectivity index (χ4v) is 2.65. The Morgan fingerprint density at radius 2 is 1.86 bits per heavy atom. The van der Waals surface area contributed by atoms with E-state index in [1.165, 1.54) is 0 Å². The van der Waals surface area contributed by atoms with Gasteiger partial charge in [0.1, 0.15) is 5.60 Å². The zero-order chi connectivity index (χ0) is 16.0. The first-order valence-corrected chi connectivity index (χ1v) is 7.96. The van der Waals surface area contributed by atoms with Crippen molar-refractivity contribution in [2.45, 2.75) is 52.6 Å². The summed E-state index contributed by atoms with van der Waals surface area (Å²) in [5, 5.41) is 0. The van der Waals surface area contributed by atoms with Gasteiger partial charge in [0.25, 0.3) is 0 Å². The Morgan fingerprint density at radius 1 is 1.29 bits per heavy atom. The maximum Gasteiger partial charge on any atom is 0.410 e. The first-order chi connectivity index (χ1) is 9.73. The van der Waals surface area contributed by atoms with Crippen LogP contribution in [0.5, 0.6) is 0 Å². The van der Waals surface area contributed by atoms with Crippen LogP contribution in [0, 0.1) is 11.8 Å². The summed E-state index contributed by atoms with van der Waals surface area (Å²) >= 11 is 5.37. The van der Waals surface area contributed by atoms with E-state index in [4.69, 9.17) is 21.1 Å². The quantitative estimate of drug-likeness (QED) is 0.588. The van der Waals surface area contributed by atoms with Crippen molar-refractivity contribution in [1.82, 2.24) is 4.90 Å². The third-order valence-electron chi connectivity index (χ3n) is 3.70. The van der Waals surface area contributed by atoms with Crippen LogP contribution in [0.25, 0.3) is 0 Å². The summed E-state index contributed by atoms with van der Waals surface area (Å²) in [5.74, 6) is 0.403. The molecule has 1 fully saturated rings. The molecule has 1 aliphatic rings. The van der Waals surface area contributed by atoms with Gasteiger partial charge in [0.2, 0.25) is 0 Å². The largest absolute Gasteiger partial charge is 0.449 e. The van der Waals surface area contributed by atoms with E-state index >= 15 is 0 Å². The van der Waals surface area contributed by atoms with Gasteiger partial charge < -0.3 is 14.4 Å². The van der Waals surface area contributed by atoms with Crippen molar-refractivity contribution >= 4 is 23.7 Å². The summed E-state index contributed by atoms with van der Waals surface area (Å²) in [6.45, 7) is 8.98. The van der Waals surface area contributed by atoms with Gasteiger partial charge in [-0.25, -0.2) is 4.79 Å². The van der Waals surface area contributed by atoms with E-state index in [1.54, 1.807) is 4.90 Å². The molecule has 1 unspecified atom stereocenters. The van der Waals surface area contributed by atoms with Gasteiger partial charge in [-0.3, -0.25) is 4.79 Å². The van der Waals surface area contributed by atoms with Crippen molar-refractivity contribution in [3.05, 3.63) is 0 Å². The van der Waals surface area contributed by atoms with Gasteiger partial charge in [0, 0.05) is 19.5 Å². The van der Waals surface area contributed by atoms with Crippen molar-refractivity contribution in [2.75, 3.05) is 19.2 Å². The van der Waals surface area contributed by atoms with E-state index in [1.807, 2.05) is 27.7 Å². The molecule has 1 saturated heterocycles. The number of hydrogen-bond donors (Lipinski definition) is 0. The number of carbonyl (C=O) groups is 2. The van der Waals surface area contributed by atoms with Crippen LogP contribution < -0.4 is 0 Å². The molecule has 0 bridgehead atoms. The highest BCUT2D eigenvalue weighted by Crippen LogP contribution is 2.28. The first-order valence-electron chi connectivity index (χ1n) is 7.42. The SMILES string of the molecule is CC(CC(=O)OCCl)C1CCN(C(=O)OC(C)(C)C)CC1. The lowest BCUT2D eigenvalue weighted by molar-refractivity contribution is -0.143. The number of halogens is 1. The number of likely N-dealkylation sites (tertiary alicyclic amines) is 1. The summed E-state index contributed by atoms with van der Waals surface area (Å²) in [6.07, 6.45) is 1.89. The molecule has 0 aromatic heterocycles. The number of carbonyl (C=O) groups excluding carboxylic acids is 2. The Kier molecular flexibility index (Phi) is 6.78. The third kappa shape index (κ3) is 6.55. The van der Waals surface area contributed by atoms with E-state index in [9.17, 15) is 9.59 Å². The third-order valence-corrected chi connectivity index (χ3v) is 3.81. The van der Waals surface area contributed by atoms with Gasteiger partial charge >= 0.3 is 12.1 Å². The summed E-state index contributed by atoms with van der Waals surface area (Å²) in [6, 6.07) is -0.0946. The second-order valence-electron chi connectivity index (χ2n) is 6.61. The highest BCUT2D eigenvalue weighted by Gasteiger charge is 2.29. The van der Waals surface area contributed by atoms with E-state index in [2.05, 4.69) is 0 Å². The second kappa shape index (κ2) is 7.87. The van der Waals surface area contributed by atoms with Gasteiger partial charge in [-0.05, 0) is 45.4 Å². The number of alkyl halides is 1. The van der Waals surface area contributed by atoms with Crippen molar-refractivity contribution in [1.29, 1.82) is 0 Å². The van der Waals surface area contributed by atoms with Crippen LogP contribution in [0.4, 0.5) is 4.79 Å². The molecule has 5 nitrogen and oxygen atoms in total. The molecule has 0 aromatic carbocycles. The molecule has 0 N–H and O–H groups in total. The van der Waals surface area contributed by atoms with Crippen LogP contribution in [-0.4, -0.2) is 41.7 Å². The minimum absolute atomic E-state index is 0.0946. The minimum atomic E-state index is -0.466. The minimum Gasteiger partial charge on any atom is -0.449 e. The number of esters is 1.